The van der Waals surface area contributed by atoms with Gasteiger partial charge in [-0.15, -0.1) is 22.0 Å². The van der Waals surface area contributed by atoms with E-state index in [1.807, 2.05) is 6.07 Å². The second-order valence-corrected chi connectivity index (χ2v) is 5.70. The van der Waals surface area contributed by atoms with Gasteiger partial charge in [0, 0.05) is 4.90 Å². The molecule has 88 valence electrons. The number of carboxylic acids is 1. The number of carbonyl (C=O) groups is 1. The van der Waals surface area contributed by atoms with Crippen LogP contribution in [0.2, 0.25) is 4.47 Å². The Balaban J connectivity index is 2.11. The molecule has 0 fully saturated rings. The molecule has 0 aliphatic heterocycles. The van der Waals surface area contributed by atoms with E-state index in [1.54, 1.807) is 18.2 Å². The number of hydrogen-bond acceptors (Lipinski definition) is 5. The number of rotatable bonds is 4. The molecule has 1 heterocycles. The lowest BCUT2D eigenvalue weighted by Gasteiger charge is -2.03. The highest BCUT2D eigenvalue weighted by molar-refractivity contribution is 7.98. The zero-order valence-corrected chi connectivity index (χ0v) is 10.8. The summed E-state index contributed by atoms with van der Waals surface area (Å²) in [6.45, 7) is 0. The first kappa shape index (κ1) is 12.3. The summed E-state index contributed by atoms with van der Waals surface area (Å²) in [5.74, 6) is -0.363. The smallest absolute Gasteiger partial charge is 0.336 e. The first-order valence-electron chi connectivity index (χ1n) is 4.60. The summed E-state index contributed by atoms with van der Waals surface area (Å²) >= 11 is 8.37. The van der Waals surface area contributed by atoms with E-state index in [0.717, 1.165) is 5.01 Å². The van der Waals surface area contributed by atoms with E-state index in [0.29, 0.717) is 20.7 Å². The number of thioether (sulfide) groups is 1. The van der Waals surface area contributed by atoms with Gasteiger partial charge in [0.25, 0.3) is 0 Å². The van der Waals surface area contributed by atoms with Crippen molar-refractivity contribution in [2.75, 3.05) is 0 Å². The van der Waals surface area contributed by atoms with Crippen molar-refractivity contribution in [3.63, 3.8) is 0 Å². The van der Waals surface area contributed by atoms with E-state index in [4.69, 9.17) is 16.7 Å². The van der Waals surface area contributed by atoms with Crippen LogP contribution in [-0.4, -0.2) is 21.3 Å². The van der Waals surface area contributed by atoms with E-state index in [9.17, 15) is 4.79 Å². The van der Waals surface area contributed by atoms with Crippen LogP contribution in [0.25, 0.3) is 0 Å². The van der Waals surface area contributed by atoms with Crippen molar-refractivity contribution in [3.8, 4) is 0 Å². The molecule has 0 bridgehead atoms. The second-order valence-electron chi connectivity index (χ2n) is 3.04. The molecular formula is C10H7ClN2O2S2. The van der Waals surface area contributed by atoms with Crippen LogP contribution in [0.3, 0.4) is 0 Å². The normalized spacial score (nSPS) is 10.4. The van der Waals surface area contributed by atoms with Crippen LogP contribution in [0.15, 0.2) is 29.2 Å². The summed E-state index contributed by atoms with van der Waals surface area (Å²) < 4.78 is 0.395. The van der Waals surface area contributed by atoms with Gasteiger partial charge in [-0.05, 0) is 23.7 Å². The Morgan fingerprint density at radius 1 is 1.41 bits per heavy atom. The maximum absolute atomic E-state index is 11.0. The average Bonchev–Trinajstić information content (AvgIpc) is 2.73. The molecule has 0 saturated carbocycles. The number of benzene rings is 1. The van der Waals surface area contributed by atoms with E-state index < -0.39 is 5.97 Å². The molecular weight excluding hydrogens is 280 g/mol. The molecule has 0 radical (unpaired) electrons. The van der Waals surface area contributed by atoms with Gasteiger partial charge >= 0.3 is 5.97 Å². The van der Waals surface area contributed by atoms with Crippen molar-refractivity contribution in [2.24, 2.45) is 0 Å². The highest BCUT2D eigenvalue weighted by atomic mass is 35.5. The van der Waals surface area contributed by atoms with Crippen molar-refractivity contribution < 1.29 is 9.90 Å². The van der Waals surface area contributed by atoms with Crippen LogP contribution in [0, 0.1) is 0 Å². The largest absolute Gasteiger partial charge is 0.478 e. The molecule has 0 atom stereocenters. The Morgan fingerprint density at radius 2 is 2.18 bits per heavy atom. The molecule has 1 aromatic carbocycles. The highest BCUT2D eigenvalue weighted by Gasteiger charge is 2.10. The molecule has 17 heavy (non-hydrogen) atoms. The molecule has 0 amide bonds. The van der Waals surface area contributed by atoms with Crippen LogP contribution < -0.4 is 0 Å². The van der Waals surface area contributed by atoms with Crippen LogP contribution in [0.4, 0.5) is 0 Å². The fraction of sp³-hybridized carbons (Fsp3) is 0.100. The van der Waals surface area contributed by atoms with Crippen molar-refractivity contribution >= 4 is 40.7 Å². The fourth-order valence-electron chi connectivity index (χ4n) is 1.20. The number of aromatic carboxylic acids is 1. The Hall–Kier alpha value is -1.11. The summed E-state index contributed by atoms with van der Waals surface area (Å²) in [5.41, 5.74) is 0.299. The van der Waals surface area contributed by atoms with E-state index in [1.165, 1.54) is 23.1 Å². The van der Waals surface area contributed by atoms with Gasteiger partial charge in [-0.3, -0.25) is 0 Å². The number of nitrogens with zero attached hydrogens (tertiary/aromatic N) is 2. The summed E-state index contributed by atoms with van der Waals surface area (Å²) in [6.07, 6.45) is 0. The van der Waals surface area contributed by atoms with Gasteiger partial charge in [-0.2, -0.15) is 0 Å². The fourth-order valence-corrected chi connectivity index (χ4v) is 3.10. The Bertz CT molecular complexity index is 545. The lowest BCUT2D eigenvalue weighted by atomic mass is 10.2. The standard InChI is InChI=1S/C10H7ClN2O2S2/c11-10-13-12-8(17-10)5-16-7-4-2-1-3-6(7)9(14)15/h1-4H,5H2,(H,14,15). The highest BCUT2D eigenvalue weighted by Crippen LogP contribution is 2.28. The van der Waals surface area contributed by atoms with Crippen LogP contribution in [0.5, 0.6) is 0 Å². The second kappa shape index (κ2) is 5.48. The maximum atomic E-state index is 11.0. The first-order chi connectivity index (χ1) is 8.16. The molecule has 0 aliphatic rings. The number of halogens is 1. The summed E-state index contributed by atoms with van der Waals surface area (Å²) in [5, 5.41) is 17.3. The van der Waals surface area contributed by atoms with E-state index >= 15 is 0 Å². The third-order valence-electron chi connectivity index (χ3n) is 1.91. The quantitative estimate of drug-likeness (QED) is 0.875. The summed E-state index contributed by atoms with van der Waals surface area (Å²) in [4.78, 5) is 11.7. The van der Waals surface area contributed by atoms with Gasteiger partial charge in [-0.1, -0.05) is 23.5 Å². The minimum atomic E-state index is -0.927. The molecule has 1 N–H and O–H groups in total. The topological polar surface area (TPSA) is 63.1 Å². The predicted octanol–water partition coefficient (Wildman–Crippen LogP) is 3.18. The third-order valence-corrected chi connectivity index (χ3v) is 4.20. The summed E-state index contributed by atoms with van der Waals surface area (Å²) in [7, 11) is 0. The van der Waals surface area contributed by atoms with Gasteiger partial charge in [0.05, 0.1) is 11.3 Å². The average molecular weight is 287 g/mol. The minimum Gasteiger partial charge on any atom is -0.478 e. The Labute approximate surface area is 111 Å². The summed E-state index contributed by atoms with van der Waals surface area (Å²) in [6, 6.07) is 6.87. The molecule has 2 aromatic rings. The lowest BCUT2D eigenvalue weighted by Crippen LogP contribution is -1.98. The van der Waals surface area contributed by atoms with Crippen molar-refractivity contribution in [1.29, 1.82) is 0 Å². The van der Waals surface area contributed by atoms with Crippen molar-refractivity contribution in [2.45, 2.75) is 10.6 Å². The van der Waals surface area contributed by atoms with Gasteiger partial charge in [0.15, 0.2) is 0 Å². The zero-order chi connectivity index (χ0) is 12.3. The molecule has 2 rings (SSSR count). The number of aromatic nitrogens is 2. The van der Waals surface area contributed by atoms with E-state index in [-0.39, 0.29) is 0 Å². The minimum absolute atomic E-state index is 0.299. The van der Waals surface area contributed by atoms with Gasteiger partial charge in [-0.25, -0.2) is 4.79 Å². The molecule has 4 nitrogen and oxygen atoms in total. The van der Waals surface area contributed by atoms with Gasteiger partial charge in [0.2, 0.25) is 4.47 Å². The lowest BCUT2D eigenvalue weighted by molar-refractivity contribution is 0.0693. The maximum Gasteiger partial charge on any atom is 0.336 e. The van der Waals surface area contributed by atoms with Crippen molar-refractivity contribution in [3.05, 3.63) is 39.3 Å². The first-order valence-corrected chi connectivity index (χ1v) is 6.78. The number of carboxylic acid groups (broad SMARTS) is 1. The zero-order valence-electron chi connectivity index (χ0n) is 8.46. The van der Waals surface area contributed by atoms with E-state index in [2.05, 4.69) is 10.2 Å². The molecule has 0 spiro atoms. The molecule has 1 aromatic heterocycles. The van der Waals surface area contributed by atoms with Gasteiger partial charge in [0.1, 0.15) is 5.01 Å². The van der Waals surface area contributed by atoms with Crippen molar-refractivity contribution in [1.82, 2.24) is 10.2 Å². The van der Waals surface area contributed by atoms with Crippen LogP contribution in [-0.2, 0) is 5.75 Å². The Kier molecular flexibility index (Phi) is 3.98. The Morgan fingerprint density at radius 3 is 2.82 bits per heavy atom. The predicted molar refractivity (Wildman–Crippen MR) is 67.9 cm³/mol. The molecule has 0 unspecified atom stereocenters. The molecule has 7 heteroatoms. The molecule has 0 saturated heterocycles. The molecule has 0 aliphatic carbocycles. The van der Waals surface area contributed by atoms with Gasteiger partial charge < -0.3 is 5.11 Å². The third kappa shape index (κ3) is 3.18. The van der Waals surface area contributed by atoms with Crippen LogP contribution in [0.1, 0.15) is 15.4 Å². The monoisotopic (exact) mass is 286 g/mol. The SMILES string of the molecule is O=C(O)c1ccccc1SCc1nnc(Cl)s1. The number of hydrogen-bond donors (Lipinski definition) is 1. The van der Waals surface area contributed by atoms with Crippen LogP contribution >= 0.6 is 34.7 Å².